The van der Waals surface area contributed by atoms with Crippen LogP contribution in [0.5, 0.6) is 0 Å². The van der Waals surface area contributed by atoms with Crippen molar-refractivity contribution in [2.75, 3.05) is 18.5 Å². The number of hydrogen-bond acceptors (Lipinski definition) is 6. The minimum atomic E-state index is -5.39. The van der Waals surface area contributed by atoms with Gasteiger partial charge in [-0.3, -0.25) is 23.6 Å². The maximum absolute atomic E-state index is 14.3. The van der Waals surface area contributed by atoms with Gasteiger partial charge in [0.15, 0.2) is 4.77 Å². The summed E-state index contributed by atoms with van der Waals surface area (Å²) >= 11 is 5.01. The van der Waals surface area contributed by atoms with Crippen LogP contribution in [0.3, 0.4) is 0 Å². The summed E-state index contributed by atoms with van der Waals surface area (Å²) in [7, 11) is -4.63. The van der Waals surface area contributed by atoms with Crippen molar-refractivity contribution in [1.29, 1.82) is 0 Å². The van der Waals surface area contributed by atoms with Gasteiger partial charge in [-0.05, 0) is 33.0 Å². The van der Waals surface area contributed by atoms with Crippen LogP contribution in [0.1, 0.15) is 26.3 Å². The molecule has 1 amide bonds. The summed E-state index contributed by atoms with van der Waals surface area (Å²) in [6.07, 6.45) is -5.39. The fourth-order valence-corrected chi connectivity index (χ4v) is 4.76. The van der Waals surface area contributed by atoms with Crippen molar-refractivity contribution in [3.63, 3.8) is 0 Å². The van der Waals surface area contributed by atoms with E-state index in [-0.39, 0.29) is 24.5 Å². The highest BCUT2D eigenvalue weighted by molar-refractivity contribution is 7.71. The number of fused-ring (bicyclic) bond motifs is 1. The van der Waals surface area contributed by atoms with Gasteiger partial charge in [0.1, 0.15) is 5.82 Å². The van der Waals surface area contributed by atoms with Crippen molar-refractivity contribution in [1.82, 2.24) is 14.6 Å². The summed E-state index contributed by atoms with van der Waals surface area (Å²) in [5, 5.41) is 3.72. The molecule has 1 aromatic rings. The summed E-state index contributed by atoms with van der Waals surface area (Å²) in [4.78, 5) is 27.3. The van der Waals surface area contributed by atoms with Gasteiger partial charge < -0.3 is 9.88 Å². The summed E-state index contributed by atoms with van der Waals surface area (Å²) < 4.78 is 66.2. The van der Waals surface area contributed by atoms with Crippen LogP contribution in [-0.2, 0) is 30.5 Å². The van der Waals surface area contributed by atoms with E-state index in [4.69, 9.17) is 21.3 Å². The van der Waals surface area contributed by atoms with E-state index in [2.05, 4.69) is 11.6 Å². The zero-order valence-corrected chi connectivity index (χ0v) is 17.5. The number of alkyl halides is 3. The van der Waals surface area contributed by atoms with E-state index in [9.17, 15) is 27.3 Å². The average Bonchev–Trinajstić information content (AvgIpc) is 2.85. The first-order valence-electron chi connectivity index (χ1n) is 8.41. The molecule has 162 valence electrons. The first kappa shape index (κ1) is 23.5. The second-order valence-corrected chi connectivity index (χ2v) is 8.29. The molecule has 0 saturated carbocycles. The molecule has 14 heteroatoms. The lowest BCUT2D eigenvalue weighted by Gasteiger charge is -2.33. The Kier molecular flexibility index (Phi) is 6.60. The van der Waals surface area contributed by atoms with Crippen LogP contribution < -0.4 is 16.0 Å². The van der Waals surface area contributed by atoms with Crippen LogP contribution in [0.15, 0.2) is 16.9 Å². The van der Waals surface area contributed by atoms with Crippen LogP contribution in [0, 0.1) is 4.77 Å². The molecule has 1 aromatic heterocycles. The number of rotatable bonds is 8. The van der Waals surface area contributed by atoms with Gasteiger partial charge in [0.25, 0.3) is 11.5 Å². The molecule has 0 aliphatic carbocycles. The molecule has 0 fully saturated rings. The van der Waals surface area contributed by atoms with E-state index in [0.29, 0.717) is 5.57 Å². The topological polar surface area (TPSA) is 114 Å². The van der Waals surface area contributed by atoms with Crippen molar-refractivity contribution < 1.29 is 31.6 Å². The van der Waals surface area contributed by atoms with Gasteiger partial charge in [-0.25, -0.2) is 4.57 Å². The van der Waals surface area contributed by atoms with Gasteiger partial charge in [0.2, 0.25) is 5.54 Å². The van der Waals surface area contributed by atoms with Crippen LogP contribution in [0.25, 0.3) is 0 Å². The van der Waals surface area contributed by atoms with Crippen LogP contribution in [-0.4, -0.2) is 34.8 Å². The molecule has 0 radical (unpaired) electrons. The second kappa shape index (κ2) is 8.15. The minimum absolute atomic E-state index is 0.0687. The monoisotopic (exact) mass is 456 g/mol. The number of allylic oxidation sites excluding steroid dienone is 1. The van der Waals surface area contributed by atoms with Gasteiger partial charge in [-0.15, -0.1) is 0 Å². The van der Waals surface area contributed by atoms with Gasteiger partial charge in [0, 0.05) is 6.54 Å². The van der Waals surface area contributed by atoms with E-state index in [1.165, 1.54) is 13.8 Å². The highest BCUT2D eigenvalue weighted by atomic mass is 32.1. The van der Waals surface area contributed by atoms with Crippen LogP contribution in [0.4, 0.5) is 19.0 Å². The molecule has 1 aliphatic heterocycles. The Balaban J connectivity index is 2.86. The molecule has 0 spiro atoms. The second-order valence-electron chi connectivity index (χ2n) is 6.17. The van der Waals surface area contributed by atoms with E-state index in [1.54, 1.807) is 12.0 Å². The highest BCUT2D eigenvalue weighted by Crippen LogP contribution is 2.54. The molecule has 9 nitrogen and oxygen atoms in total. The summed E-state index contributed by atoms with van der Waals surface area (Å²) in [5.74, 6) is -2.14. The number of halogens is 3. The number of aromatic nitrogens is 2. The zero-order chi connectivity index (χ0) is 22.2. The highest BCUT2D eigenvalue weighted by Gasteiger charge is 2.70. The molecular formula is C15H20F3N4O5PS. The first-order valence-corrected chi connectivity index (χ1v) is 10.4. The van der Waals surface area contributed by atoms with Crippen LogP contribution in [0.2, 0.25) is 0 Å². The Morgan fingerprint density at radius 3 is 2.31 bits per heavy atom. The van der Waals surface area contributed by atoms with Crippen molar-refractivity contribution in [2.45, 2.75) is 39.0 Å². The van der Waals surface area contributed by atoms with E-state index >= 15 is 0 Å². The van der Waals surface area contributed by atoms with Gasteiger partial charge in [-0.2, -0.15) is 18.3 Å². The SMILES string of the molecule is C=C(C)Cn1c2c(c(=O)[nH]c1=S)[C@](NP(=O)(OCC)OCC)(C(F)(F)F)C(=O)N2. The number of aromatic amines is 1. The quantitative estimate of drug-likeness (QED) is 0.313. The standard InChI is InChI=1S/C15H20F3N4O5PS/c1-5-26-28(25,27-6-2)21-14(15(16,17)18)9-10(19-12(14)24)22(7-8(3)4)13(29)20-11(9)23/h3,5-7H2,1-2,4H3,(H,19,24)(H,21,25)(H,20,23,29)/t14-/m1/s1. The predicted octanol–water partition coefficient (Wildman–Crippen LogP) is 2.96. The Morgan fingerprint density at radius 2 is 1.86 bits per heavy atom. The Bertz CT molecular complexity index is 995. The van der Waals surface area contributed by atoms with E-state index < -0.39 is 42.3 Å². The third kappa shape index (κ3) is 4.10. The van der Waals surface area contributed by atoms with Crippen molar-refractivity contribution >= 4 is 31.7 Å². The Morgan fingerprint density at radius 1 is 1.31 bits per heavy atom. The normalized spacial score (nSPS) is 19.2. The summed E-state index contributed by atoms with van der Waals surface area (Å²) in [6.45, 7) is 7.39. The fraction of sp³-hybridized carbons (Fsp3) is 0.533. The number of amides is 1. The number of anilines is 1. The lowest BCUT2D eigenvalue weighted by molar-refractivity contribution is -0.195. The van der Waals surface area contributed by atoms with Crippen molar-refractivity contribution in [3.8, 4) is 0 Å². The zero-order valence-electron chi connectivity index (χ0n) is 15.8. The number of carbonyl (C=O) groups is 1. The lowest BCUT2D eigenvalue weighted by Crippen LogP contribution is -2.59. The number of H-pyrrole nitrogens is 1. The van der Waals surface area contributed by atoms with Gasteiger partial charge in [0.05, 0.1) is 18.8 Å². The largest absolute Gasteiger partial charge is 0.420 e. The maximum Gasteiger partial charge on any atom is 0.420 e. The molecule has 1 aliphatic rings. The maximum atomic E-state index is 14.3. The third-order valence-electron chi connectivity index (χ3n) is 3.90. The number of nitrogens with one attached hydrogen (secondary N) is 3. The van der Waals surface area contributed by atoms with E-state index in [0.717, 1.165) is 4.57 Å². The predicted molar refractivity (Wildman–Crippen MR) is 101 cm³/mol. The minimum Gasteiger partial charge on any atom is -0.309 e. The van der Waals surface area contributed by atoms with Crippen molar-refractivity contribution in [3.05, 3.63) is 32.8 Å². The first-order chi connectivity index (χ1) is 13.3. The van der Waals surface area contributed by atoms with E-state index in [1.807, 2.05) is 5.32 Å². The molecule has 0 saturated heterocycles. The molecule has 0 bridgehead atoms. The Labute approximate surface area is 168 Å². The summed E-state index contributed by atoms with van der Waals surface area (Å²) in [5.41, 5.74) is -5.50. The van der Waals surface area contributed by atoms with Gasteiger partial charge in [-0.1, -0.05) is 12.2 Å². The fourth-order valence-electron chi connectivity index (χ4n) is 2.87. The average molecular weight is 456 g/mol. The smallest absolute Gasteiger partial charge is 0.309 e. The molecule has 0 unspecified atom stereocenters. The molecule has 0 aromatic carbocycles. The third-order valence-corrected chi connectivity index (χ3v) is 6.03. The molecule has 1 atom stereocenters. The molecule has 2 heterocycles. The summed E-state index contributed by atoms with van der Waals surface area (Å²) in [6, 6.07) is 0. The van der Waals surface area contributed by atoms with Crippen LogP contribution >= 0.6 is 20.0 Å². The molecular weight excluding hydrogens is 436 g/mol. The van der Waals surface area contributed by atoms with Gasteiger partial charge >= 0.3 is 13.9 Å². The number of carbonyl (C=O) groups excluding carboxylic acids is 1. The number of hydrogen-bond donors (Lipinski definition) is 3. The Hall–Kier alpha value is -1.79. The number of nitrogens with zero attached hydrogens (tertiary/aromatic N) is 1. The molecule has 29 heavy (non-hydrogen) atoms. The van der Waals surface area contributed by atoms with Crippen molar-refractivity contribution in [2.24, 2.45) is 0 Å². The lowest BCUT2D eigenvalue weighted by atomic mass is 9.94. The molecule has 2 rings (SSSR count). The molecule has 3 N–H and O–H groups in total.